The summed E-state index contributed by atoms with van der Waals surface area (Å²) in [5.41, 5.74) is 1.66. The van der Waals surface area contributed by atoms with Crippen LogP contribution in [-0.2, 0) is 0 Å². The number of aromatic nitrogens is 1. The number of rotatable bonds is 4. The molecule has 0 saturated carbocycles. The minimum absolute atomic E-state index is 0.238. The molecule has 0 aliphatic heterocycles. The van der Waals surface area contributed by atoms with E-state index in [1.54, 1.807) is 12.1 Å². The molecule has 0 saturated heterocycles. The summed E-state index contributed by atoms with van der Waals surface area (Å²) in [6.45, 7) is 6.82. The van der Waals surface area contributed by atoms with Crippen molar-refractivity contribution in [3.05, 3.63) is 59.7 Å². The maximum absolute atomic E-state index is 13.5. The lowest BCUT2D eigenvalue weighted by molar-refractivity contribution is 0.577. The van der Waals surface area contributed by atoms with Crippen LogP contribution in [0.5, 0.6) is 0 Å². The first kappa shape index (κ1) is 13.7. The zero-order valence-electron chi connectivity index (χ0n) is 10.6. The molecule has 5 heteroatoms. The zero-order valence-corrected chi connectivity index (χ0v) is 10.6. The molecule has 0 N–H and O–H groups in total. The van der Waals surface area contributed by atoms with Gasteiger partial charge in [0, 0.05) is 12.3 Å². The fourth-order valence-corrected chi connectivity index (χ4v) is 1.55. The van der Waals surface area contributed by atoms with Crippen molar-refractivity contribution in [2.24, 2.45) is 9.98 Å². The number of benzene rings is 1. The van der Waals surface area contributed by atoms with E-state index in [-0.39, 0.29) is 11.6 Å². The Balaban J connectivity index is 2.35. The quantitative estimate of drug-likeness (QED) is 0.772. The standard InChI is InChI=1S/C15H11F2N3/c1-3-10-5-4-6-11(7-10)9-19-15-13(17)8-12(16)14(18-2)20-15/h3-9H,1-2H2. The van der Waals surface area contributed by atoms with Gasteiger partial charge < -0.3 is 0 Å². The topological polar surface area (TPSA) is 37.6 Å². The van der Waals surface area contributed by atoms with E-state index >= 15 is 0 Å². The summed E-state index contributed by atoms with van der Waals surface area (Å²) < 4.78 is 26.7. The molecule has 20 heavy (non-hydrogen) atoms. The van der Waals surface area contributed by atoms with E-state index in [9.17, 15) is 8.78 Å². The summed E-state index contributed by atoms with van der Waals surface area (Å²) >= 11 is 0. The van der Waals surface area contributed by atoms with E-state index in [4.69, 9.17) is 0 Å². The molecule has 0 fully saturated rings. The second-order valence-electron chi connectivity index (χ2n) is 3.89. The molecule has 0 unspecified atom stereocenters. The number of pyridine rings is 1. The molecule has 3 nitrogen and oxygen atoms in total. The molecule has 1 aromatic carbocycles. The summed E-state index contributed by atoms with van der Waals surface area (Å²) in [7, 11) is 0. The molecule has 0 aliphatic carbocycles. The Morgan fingerprint density at radius 1 is 1.05 bits per heavy atom. The number of hydrogen-bond acceptors (Lipinski definition) is 3. The van der Waals surface area contributed by atoms with Crippen LogP contribution in [0.15, 0.2) is 46.9 Å². The van der Waals surface area contributed by atoms with Gasteiger partial charge in [0.1, 0.15) is 0 Å². The Labute approximate surface area is 115 Å². The first-order chi connectivity index (χ1) is 9.63. The summed E-state index contributed by atoms with van der Waals surface area (Å²) in [6, 6.07) is 8.00. The first-order valence-electron chi connectivity index (χ1n) is 5.73. The van der Waals surface area contributed by atoms with Crippen molar-refractivity contribution < 1.29 is 8.78 Å². The van der Waals surface area contributed by atoms with E-state index in [1.807, 2.05) is 18.2 Å². The van der Waals surface area contributed by atoms with Crippen molar-refractivity contribution in [2.45, 2.75) is 0 Å². The second-order valence-corrected chi connectivity index (χ2v) is 3.89. The van der Waals surface area contributed by atoms with Crippen LogP contribution < -0.4 is 0 Å². The van der Waals surface area contributed by atoms with Gasteiger partial charge in [-0.2, -0.15) is 0 Å². The van der Waals surface area contributed by atoms with Crippen LogP contribution in [0.4, 0.5) is 20.4 Å². The van der Waals surface area contributed by atoms with Crippen molar-refractivity contribution in [1.29, 1.82) is 0 Å². The van der Waals surface area contributed by atoms with Gasteiger partial charge >= 0.3 is 0 Å². The predicted molar refractivity (Wildman–Crippen MR) is 77.1 cm³/mol. The highest BCUT2D eigenvalue weighted by molar-refractivity contribution is 5.82. The smallest absolute Gasteiger partial charge is 0.190 e. The SMILES string of the molecule is C=Cc1cccc(C=Nc2nc(N=C)c(F)cc2F)c1. The third kappa shape index (κ3) is 3.00. The maximum atomic E-state index is 13.5. The Kier molecular flexibility index (Phi) is 4.10. The van der Waals surface area contributed by atoms with Gasteiger partial charge in [0.05, 0.1) is 0 Å². The molecule has 0 bridgehead atoms. The lowest BCUT2D eigenvalue weighted by atomic mass is 10.1. The summed E-state index contributed by atoms with van der Waals surface area (Å²) in [5, 5.41) is 0. The van der Waals surface area contributed by atoms with Crippen molar-refractivity contribution in [1.82, 2.24) is 4.98 Å². The monoisotopic (exact) mass is 271 g/mol. The number of hydrogen-bond donors (Lipinski definition) is 0. The van der Waals surface area contributed by atoms with Gasteiger partial charge in [0.2, 0.25) is 0 Å². The fraction of sp³-hybridized carbons (Fsp3) is 0. The largest absolute Gasteiger partial charge is 0.242 e. The summed E-state index contributed by atoms with van der Waals surface area (Å²) in [5.74, 6) is -2.24. The highest BCUT2D eigenvalue weighted by atomic mass is 19.1. The van der Waals surface area contributed by atoms with Crippen LogP contribution in [0.2, 0.25) is 0 Å². The van der Waals surface area contributed by atoms with Crippen LogP contribution >= 0.6 is 0 Å². The first-order valence-corrected chi connectivity index (χ1v) is 5.73. The Morgan fingerprint density at radius 3 is 2.45 bits per heavy atom. The van der Waals surface area contributed by atoms with Crippen molar-refractivity contribution >= 4 is 30.6 Å². The molecule has 0 amide bonds. The van der Waals surface area contributed by atoms with Crippen LogP contribution in [0.25, 0.3) is 6.08 Å². The van der Waals surface area contributed by atoms with Crippen molar-refractivity contribution in [2.75, 3.05) is 0 Å². The normalized spacial score (nSPS) is 10.7. The summed E-state index contributed by atoms with van der Waals surface area (Å²) in [4.78, 5) is 10.9. The molecule has 0 spiro atoms. The number of nitrogens with zero attached hydrogens (tertiary/aromatic N) is 3. The van der Waals surface area contributed by atoms with E-state index in [1.165, 1.54) is 6.21 Å². The van der Waals surface area contributed by atoms with Crippen molar-refractivity contribution in [3.8, 4) is 0 Å². The van der Waals surface area contributed by atoms with E-state index in [2.05, 4.69) is 28.3 Å². The second kappa shape index (κ2) is 5.97. The molecule has 2 aromatic rings. The molecule has 100 valence electrons. The van der Waals surface area contributed by atoms with Crippen LogP contribution in [0, 0.1) is 11.6 Å². The molecular formula is C15H11F2N3. The Morgan fingerprint density at radius 2 is 1.75 bits per heavy atom. The zero-order chi connectivity index (χ0) is 14.5. The van der Waals surface area contributed by atoms with E-state index in [0.29, 0.717) is 6.07 Å². The van der Waals surface area contributed by atoms with Crippen molar-refractivity contribution in [3.63, 3.8) is 0 Å². The van der Waals surface area contributed by atoms with E-state index < -0.39 is 11.6 Å². The third-order valence-electron chi connectivity index (χ3n) is 2.52. The molecule has 0 atom stereocenters. The molecule has 1 aromatic heterocycles. The molecule has 0 aliphatic rings. The molecule has 2 rings (SSSR count). The van der Waals surface area contributed by atoms with Gasteiger partial charge in [-0.3, -0.25) is 0 Å². The third-order valence-corrected chi connectivity index (χ3v) is 2.52. The molecule has 1 heterocycles. The fourth-order valence-electron chi connectivity index (χ4n) is 1.55. The lowest BCUT2D eigenvalue weighted by Gasteiger charge is -2.00. The minimum Gasteiger partial charge on any atom is -0.242 e. The highest BCUT2D eigenvalue weighted by Gasteiger charge is 2.09. The van der Waals surface area contributed by atoms with Gasteiger partial charge in [0.15, 0.2) is 23.3 Å². The van der Waals surface area contributed by atoms with Gasteiger partial charge in [-0.1, -0.05) is 30.9 Å². The number of halogens is 2. The Bertz CT molecular complexity index is 694. The van der Waals surface area contributed by atoms with Gasteiger partial charge in [-0.05, 0) is 23.9 Å². The van der Waals surface area contributed by atoms with Gasteiger partial charge in [-0.25, -0.2) is 23.7 Å². The maximum Gasteiger partial charge on any atom is 0.190 e. The minimum atomic E-state index is -0.870. The van der Waals surface area contributed by atoms with Crippen LogP contribution in [0.3, 0.4) is 0 Å². The number of aliphatic imine (C=N–C) groups is 2. The van der Waals surface area contributed by atoms with Crippen LogP contribution in [-0.4, -0.2) is 17.9 Å². The Hall–Kier alpha value is -2.69. The highest BCUT2D eigenvalue weighted by Crippen LogP contribution is 2.22. The molecular weight excluding hydrogens is 260 g/mol. The summed E-state index contributed by atoms with van der Waals surface area (Å²) in [6.07, 6.45) is 3.12. The van der Waals surface area contributed by atoms with Crippen LogP contribution in [0.1, 0.15) is 11.1 Å². The molecule has 0 radical (unpaired) electrons. The lowest BCUT2D eigenvalue weighted by Crippen LogP contribution is -1.89. The predicted octanol–water partition coefficient (Wildman–Crippen LogP) is 4.09. The van der Waals surface area contributed by atoms with Gasteiger partial charge in [0.25, 0.3) is 0 Å². The average molecular weight is 271 g/mol. The average Bonchev–Trinajstić information content (AvgIpc) is 2.46. The van der Waals surface area contributed by atoms with Gasteiger partial charge in [-0.15, -0.1) is 0 Å². The van der Waals surface area contributed by atoms with E-state index in [0.717, 1.165) is 11.1 Å².